The molecule has 0 saturated carbocycles. The van der Waals surface area contributed by atoms with Crippen LogP contribution >= 0.6 is 11.6 Å². The van der Waals surface area contributed by atoms with Crippen LogP contribution in [-0.2, 0) is 4.74 Å². The normalized spacial score (nSPS) is 20.0. The van der Waals surface area contributed by atoms with Crippen LogP contribution in [0.15, 0.2) is 18.2 Å². The molecule has 0 spiro atoms. The highest BCUT2D eigenvalue weighted by molar-refractivity contribution is 6.34. The molecule has 1 fully saturated rings. The molecule has 3 nitrogen and oxygen atoms in total. The van der Waals surface area contributed by atoms with Gasteiger partial charge >= 0.3 is 0 Å². The Balaban J connectivity index is 2.18. The predicted molar refractivity (Wildman–Crippen MR) is 65.9 cm³/mol. The molecule has 92 valence electrons. The molecule has 1 aromatic rings. The first-order chi connectivity index (χ1) is 8.22. The number of rotatable bonds is 3. The molecule has 1 aromatic carbocycles. The Labute approximate surface area is 106 Å². The lowest BCUT2D eigenvalue weighted by Gasteiger charge is -2.21. The van der Waals surface area contributed by atoms with E-state index in [0.717, 1.165) is 19.4 Å². The fourth-order valence-corrected chi connectivity index (χ4v) is 2.25. The van der Waals surface area contributed by atoms with Crippen LogP contribution in [0.4, 0.5) is 0 Å². The van der Waals surface area contributed by atoms with Gasteiger partial charge in [-0.2, -0.15) is 0 Å². The molecule has 0 N–H and O–H groups in total. The maximum absolute atomic E-state index is 12.2. The number of hydrogen-bond acceptors (Lipinski definition) is 3. The number of halogens is 1. The average molecular weight is 255 g/mol. The minimum atomic E-state index is -0.0605. The number of methoxy groups -OCH3 is 1. The van der Waals surface area contributed by atoms with Crippen molar-refractivity contribution in [2.24, 2.45) is 5.92 Å². The van der Waals surface area contributed by atoms with Crippen molar-refractivity contribution in [2.75, 3.05) is 20.3 Å². The first-order valence-electron chi connectivity index (χ1n) is 5.68. The lowest BCUT2D eigenvalue weighted by Crippen LogP contribution is -2.25. The van der Waals surface area contributed by atoms with Crippen molar-refractivity contribution < 1.29 is 14.3 Å². The molecule has 0 amide bonds. The van der Waals surface area contributed by atoms with Gasteiger partial charge in [0.25, 0.3) is 0 Å². The summed E-state index contributed by atoms with van der Waals surface area (Å²) in [5.74, 6) is 0.665. The molecular formula is C13H15ClO3. The lowest BCUT2D eigenvalue weighted by molar-refractivity contribution is 0.0461. The molecule has 0 bridgehead atoms. The van der Waals surface area contributed by atoms with Crippen LogP contribution in [0.3, 0.4) is 0 Å². The maximum Gasteiger partial charge on any atom is 0.169 e. The second kappa shape index (κ2) is 5.52. The van der Waals surface area contributed by atoms with Crippen molar-refractivity contribution in [2.45, 2.75) is 12.8 Å². The third-order valence-corrected chi connectivity index (χ3v) is 3.29. The van der Waals surface area contributed by atoms with Gasteiger partial charge in [0.05, 0.1) is 18.7 Å². The second-order valence-corrected chi connectivity index (χ2v) is 4.53. The minimum absolute atomic E-state index is 0.0605. The van der Waals surface area contributed by atoms with E-state index in [4.69, 9.17) is 21.1 Å². The van der Waals surface area contributed by atoms with Gasteiger partial charge in [-0.05, 0) is 31.0 Å². The molecule has 0 radical (unpaired) electrons. The summed E-state index contributed by atoms with van der Waals surface area (Å²) in [5, 5.41) is 0.444. The number of carbonyl (C=O) groups is 1. The lowest BCUT2D eigenvalue weighted by atomic mass is 9.92. The van der Waals surface area contributed by atoms with E-state index in [0.29, 0.717) is 22.9 Å². The summed E-state index contributed by atoms with van der Waals surface area (Å²) in [6.45, 7) is 1.25. The number of ketones is 1. The van der Waals surface area contributed by atoms with Crippen LogP contribution in [0.25, 0.3) is 0 Å². The Morgan fingerprint density at radius 2 is 2.35 bits per heavy atom. The van der Waals surface area contributed by atoms with Crippen LogP contribution in [0.5, 0.6) is 5.75 Å². The minimum Gasteiger partial charge on any atom is -0.497 e. The third-order valence-electron chi connectivity index (χ3n) is 2.97. The molecule has 1 unspecified atom stereocenters. The van der Waals surface area contributed by atoms with E-state index in [-0.39, 0.29) is 11.7 Å². The van der Waals surface area contributed by atoms with Gasteiger partial charge in [0.1, 0.15) is 5.75 Å². The number of Topliss-reactive ketones (excluding diaryl/α,β-unsaturated/α-hetero) is 1. The Bertz CT molecular complexity index is 411. The summed E-state index contributed by atoms with van der Waals surface area (Å²) < 4.78 is 10.4. The number of benzene rings is 1. The monoisotopic (exact) mass is 254 g/mol. The van der Waals surface area contributed by atoms with Gasteiger partial charge in [-0.15, -0.1) is 0 Å². The van der Waals surface area contributed by atoms with E-state index >= 15 is 0 Å². The summed E-state index contributed by atoms with van der Waals surface area (Å²) in [6.07, 6.45) is 1.81. The summed E-state index contributed by atoms with van der Waals surface area (Å²) in [5.41, 5.74) is 0.558. The van der Waals surface area contributed by atoms with Crippen LogP contribution in [0, 0.1) is 5.92 Å². The van der Waals surface area contributed by atoms with Crippen molar-refractivity contribution in [3.8, 4) is 5.75 Å². The molecule has 0 aliphatic carbocycles. The van der Waals surface area contributed by atoms with Gasteiger partial charge in [0.2, 0.25) is 0 Å². The quantitative estimate of drug-likeness (QED) is 0.778. The number of ether oxygens (including phenoxy) is 2. The van der Waals surface area contributed by atoms with E-state index in [1.807, 2.05) is 0 Å². The van der Waals surface area contributed by atoms with E-state index < -0.39 is 0 Å². The van der Waals surface area contributed by atoms with E-state index in [1.54, 1.807) is 25.3 Å². The summed E-state index contributed by atoms with van der Waals surface area (Å²) in [6, 6.07) is 5.14. The van der Waals surface area contributed by atoms with Gasteiger partial charge in [0, 0.05) is 18.1 Å². The zero-order valence-electron chi connectivity index (χ0n) is 9.74. The van der Waals surface area contributed by atoms with E-state index in [9.17, 15) is 4.79 Å². The molecule has 1 aliphatic heterocycles. The van der Waals surface area contributed by atoms with Crippen LogP contribution in [0.1, 0.15) is 23.2 Å². The second-order valence-electron chi connectivity index (χ2n) is 4.12. The van der Waals surface area contributed by atoms with Gasteiger partial charge in [0.15, 0.2) is 5.78 Å². The molecule has 1 atom stereocenters. The van der Waals surface area contributed by atoms with Crippen molar-refractivity contribution in [1.82, 2.24) is 0 Å². The van der Waals surface area contributed by atoms with Crippen LogP contribution in [-0.4, -0.2) is 26.1 Å². The fraction of sp³-hybridized carbons (Fsp3) is 0.462. The summed E-state index contributed by atoms with van der Waals surface area (Å²) in [7, 11) is 1.57. The first-order valence-corrected chi connectivity index (χ1v) is 6.05. The third kappa shape index (κ3) is 2.79. The molecule has 1 aliphatic rings. The highest BCUT2D eigenvalue weighted by Gasteiger charge is 2.24. The molecule has 4 heteroatoms. The zero-order valence-corrected chi connectivity index (χ0v) is 10.5. The fourth-order valence-electron chi connectivity index (χ4n) is 1.99. The van der Waals surface area contributed by atoms with Gasteiger partial charge < -0.3 is 9.47 Å². The van der Waals surface area contributed by atoms with Crippen molar-refractivity contribution in [3.63, 3.8) is 0 Å². The SMILES string of the molecule is COc1ccc(C(=O)C2CCCOC2)c(Cl)c1. The molecule has 0 aromatic heterocycles. The molecule has 1 saturated heterocycles. The van der Waals surface area contributed by atoms with Gasteiger partial charge in [-0.3, -0.25) is 4.79 Å². The first kappa shape index (κ1) is 12.4. The van der Waals surface area contributed by atoms with Crippen molar-refractivity contribution in [1.29, 1.82) is 0 Å². The zero-order chi connectivity index (χ0) is 12.3. The van der Waals surface area contributed by atoms with E-state index in [1.165, 1.54) is 0 Å². The highest BCUT2D eigenvalue weighted by Crippen LogP contribution is 2.27. The highest BCUT2D eigenvalue weighted by atomic mass is 35.5. The van der Waals surface area contributed by atoms with E-state index in [2.05, 4.69) is 0 Å². The Morgan fingerprint density at radius 3 is 2.94 bits per heavy atom. The Hall–Kier alpha value is -1.06. The number of carbonyl (C=O) groups excluding carboxylic acids is 1. The largest absolute Gasteiger partial charge is 0.497 e. The summed E-state index contributed by atoms with van der Waals surface area (Å²) >= 11 is 6.08. The Morgan fingerprint density at radius 1 is 1.53 bits per heavy atom. The topological polar surface area (TPSA) is 35.5 Å². The Kier molecular flexibility index (Phi) is 4.02. The molecule has 2 rings (SSSR count). The predicted octanol–water partition coefficient (Wildman–Crippen LogP) is 2.96. The smallest absolute Gasteiger partial charge is 0.169 e. The summed E-state index contributed by atoms with van der Waals surface area (Å²) in [4.78, 5) is 12.2. The van der Waals surface area contributed by atoms with Crippen molar-refractivity contribution >= 4 is 17.4 Å². The van der Waals surface area contributed by atoms with Crippen LogP contribution < -0.4 is 4.74 Å². The standard InChI is InChI=1S/C13H15ClO3/c1-16-10-4-5-11(12(14)7-10)13(15)9-3-2-6-17-8-9/h4-5,7,9H,2-3,6,8H2,1H3. The molecule has 1 heterocycles. The molecular weight excluding hydrogens is 240 g/mol. The average Bonchev–Trinajstić information content (AvgIpc) is 2.39. The van der Waals surface area contributed by atoms with Gasteiger partial charge in [-0.25, -0.2) is 0 Å². The number of hydrogen-bond donors (Lipinski definition) is 0. The van der Waals surface area contributed by atoms with Gasteiger partial charge in [-0.1, -0.05) is 11.6 Å². The van der Waals surface area contributed by atoms with Crippen molar-refractivity contribution in [3.05, 3.63) is 28.8 Å². The maximum atomic E-state index is 12.2. The molecule has 17 heavy (non-hydrogen) atoms. The van der Waals surface area contributed by atoms with Crippen LogP contribution in [0.2, 0.25) is 5.02 Å².